The first-order chi connectivity index (χ1) is 4.20. The number of hydrogen-bond donors (Lipinski definition) is 3. The zero-order valence-corrected chi connectivity index (χ0v) is 5.67. The fraction of sp³-hybridized carbons (Fsp3) is 1.00. The van der Waals surface area contributed by atoms with E-state index in [0.29, 0.717) is 5.92 Å². The van der Waals surface area contributed by atoms with Gasteiger partial charge in [-0.25, -0.2) is 0 Å². The van der Waals surface area contributed by atoms with E-state index in [0.717, 1.165) is 13.0 Å². The van der Waals surface area contributed by atoms with E-state index < -0.39 is 0 Å². The van der Waals surface area contributed by atoms with Crippen molar-refractivity contribution in [3.8, 4) is 0 Å². The lowest BCUT2D eigenvalue weighted by atomic mass is 10.0. The highest BCUT2D eigenvalue weighted by atomic mass is 16.3. The van der Waals surface area contributed by atoms with Crippen molar-refractivity contribution in [2.75, 3.05) is 6.54 Å². The summed E-state index contributed by atoms with van der Waals surface area (Å²) in [6.07, 6.45) is 0.485. The molecule has 0 aliphatic carbocycles. The molecule has 9 heavy (non-hydrogen) atoms. The zero-order valence-electron chi connectivity index (χ0n) is 5.67. The molecule has 0 aromatic rings. The molecule has 3 heteroatoms. The van der Waals surface area contributed by atoms with Crippen LogP contribution in [-0.4, -0.2) is 23.9 Å². The molecule has 3 atom stereocenters. The second kappa shape index (κ2) is 2.64. The Balaban J connectivity index is 2.30. The summed E-state index contributed by atoms with van der Waals surface area (Å²) in [5, 5.41) is 11.9. The highest BCUT2D eigenvalue weighted by Gasteiger charge is 2.24. The van der Waals surface area contributed by atoms with Gasteiger partial charge in [-0.15, -0.1) is 0 Å². The van der Waals surface area contributed by atoms with Crippen LogP contribution < -0.4 is 11.1 Å². The van der Waals surface area contributed by atoms with Crippen LogP contribution in [0.4, 0.5) is 0 Å². The normalized spacial score (nSPS) is 39.0. The molecular formula is C6H14N2O. The van der Waals surface area contributed by atoms with Crippen molar-refractivity contribution in [2.45, 2.75) is 25.6 Å². The van der Waals surface area contributed by atoms with Gasteiger partial charge in [0.05, 0.1) is 0 Å². The Labute approximate surface area is 55.2 Å². The van der Waals surface area contributed by atoms with Gasteiger partial charge in [-0.2, -0.15) is 0 Å². The van der Waals surface area contributed by atoms with Gasteiger partial charge in [0, 0.05) is 12.6 Å². The first-order valence-corrected chi connectivity index (χ1v) is 3.37. The molecule has 0 saturated carbocycles. The van der Waals surface area contributed by atoms with Crippen LogP contribution in [0.25, 0.3) is 0 Å². The van der Waals surface area contributed by atoms with Crippen LogP contribution in [0.1, 0.15) is 13.3 Å². The van der Waals surface area contributed by atoms with E-state index in [2.05, 4.69) is 5.32 Å². The zero-order chi connectivity index (χ0) is 6.85. The smallest absolute Gasteiger partial charge is 0.105 e. The molecule has 0 radical (unpaired) electrons. The lowest BCUT2D eigenvalue weighted by molar-refractivity contribution is 0.155. The molecule has 3 nitrogen and oxygen atoms in total. The molecule has 3 unspecified atom stereocenters. The van der Waals surface area contributed by atoms with Crippen molar-refractivity contribution in [3.05, 3.63) is 0 Å². The van der Waals surface area contributed by atoms with E-state index >= 15 is 0 Å². The fourth-order valence-electron chi connectivity index (χ4n) is 1.14. The minimum Gasteiger partial charge on any atom is -0.379 e. The topological polar surface area (TPSA) is 58.3 Å². The monoisotopic (exact) mass is 130 g/mol. The van der Waals surface area contributed by atoms with Crippen molar-refractivity contribution in [1.29, 1.82) is 0 Å². The van der Waals surface area contributed by atoms with Crippen molar-refractivity contribution >= 4 is 0 Å². The van der Waals surface area contributed by atoms with Crippen molar-refractivity contribution in [3.63, 3.8) is 0 Å². The molecule has 1 aliphatic heterocycles. The summed E-state index contributed by atoms with van der Waals surface area (Å²) in [6, 6.07) is 0.203. The third-order valence-electron chi connectivity index (χ3n) is 1.89. The van der Waals surface area contributed by atoms with E-state index in [1.165, 1.54) is 0 Å². The Morgan fingerprint density at radius 3 is 2.67 bits per heavy atom. The summed E-state index contributed by atoms with van der Waals surface area (Å²) in [6.45, 7) is 2.84. The molecular weight excluding hydrogens is 116 g/mol. The standard InChI is InChI=1S/C6H14N2O/c1-4(7)5-2-6(9)8-3-5/h4-6,8-9H,2-3,7H2,1H3. The number of nitrogens with two attached hydrogens (primary N) is 1. The molecule has 1 rings (SSSR count). The molecule has 1 heterocycles. The second-order valence-corrected chi connectivity index (χ2v) is 2.78. The van der Waals surface area contributed by atoms with Gasteiger partial charge in [0.1, 0.15) is 6.23 Å². The molecule has 4 N–H and O–H groups in total. The van der Waals surface area contributed by atoms with Gasteiger partial charge in [-0.05, 0) is 19.3 Å². The van der Waals surface area contributed by atoms with Crippen molar-refractivity contribution < 1.29 is 5.11 Å². The summed E-state index contributed by atoms with van der Waals surface area (Å²) >= 11 is 0. The van der Waals surface area contributed by atoms with Crippen LogP contribution in [0, 0.1) is 5.92 Å². The predicted molar refractivity (Wildman–Crippen MR) is 35.8 cm³/mol. The number of hydrogen-bond acceptors (Lipinski definition) is 3. The Morgan fingerprint density at radius 2 is 2.44 bits per heavy atom. The van der Waals surface area contributed by atoms with Crippen molar-refractivity contribution in [2.24, 2.45) is 11.7 Å². The Morgan fingerprint density at radius 1 is 1.78 bits per heavy atom. The number of nitrogens with one attached hydrogen (secondary N) is 1. The predicted octanol–water partition coefficient (Wildman–Crippen LogP) is -0.738. The molecule has 1 fully saturated rings. The lowest BCUT2D eigenvalue weighted by Gasteiger charge is -2.11. The van der Waals surface area contributed by atoms with E-state index in [-0.39, 0.29) is 12.3 Å². The first kappa shape index (κ1) is 6.99. The molecule has 54 valence electrons. The summed E-state index contributed by atoms with van der Waals surface area (Å²) < 4.78 is 0. The number of rotatable bonds is 1. The summed E-state index contributed by atoms with van der Waals surface area (Å²) in [7, 11) is 0. The molecule has 0 amide bonds. The number of aliphatic hydroxyl groups is 1. The largest absolute Gasteiger partial charge is 0.379 e. The second-order valence-electron chi connectivity index (χ2n) is 2.78. The van der Waals surface area contributed by atoms with E-state index in [9.17, 15) is 0 Å². The summed E-state index contributed by atoms with van der Waals surface area (Å²) in [5.41, 5.74) is 5.61. The van der Waals surface area contributed by atoms with Gasteiger partial charge >= 0.3 is 0 Å². The minimum absolute atomic E-state index is 0.203. The van der Waals surface area contributed by atoms with Gasteiger partial charge in [-0.1, -0.05) is 0 Å². The van der Waals surface area contributed by atoms with Crippen LogP contribution >= 0.6 is 0 Å². The number of aliphatic hydroxyl groups excluding tert-OH is 1. The van der Waals surface area contributed by atoms with Gasteiger partial charge in [0.25, 0.3) is 0 Å². The van der Waals surface area contributed by atoms with Crippen LogP contribution in [0.15, 0.2) is 0 Å². The quantitative estimate of drug-likeness (QED) is 0.438. The Kier molecular flexibility index (Phi) is 2.05. The van der Waals surface area contributed by atoms with Crippen LogP contribution in [0.5, 0.6) is 0 Å². The first-order valence-electron chi connectivity index (χ1n) is 3.37. The molecule has 0 spiro atoms. The summed E-state index contributed by atoms with van der Waals surface area (Å²) in [5.74, 6) is 0.458. The molecule has 1 saturated heterocycles. The Bertz CT molecular complexity index is 95.1. The van der Waals surface area contributed by atoms with E-state index in [1.54, 1.807) is 0 Å². The third kappa shape index (κ3) is 1.64. The fourth-order valence-corrected chi connectivity index (χ4v) is 1.14. The van der Waals surface area contributed by atoms with Crippen LogP contribution in [0.2, 0.25) is 0 Å². The average molecular weight is 130 g/mol. The maximum atomic E-state index is 8.98. The van der Waals surface area contributed by atoms with Crippen LogP contribution in [0.3, 0.4) is 0 Å². The Hall–Kier alpha value is -0.120. The maximum absolute atomic E-state index is 8.98. The molecule has 1 aliphatic rings. The summed E-state index contributed by atoms with van der Waals surface area (Å²) in [4.78, 5) is 0. The van der Waals surface area contributed by atoms with Crippen LogP contribution in [-0.2, 0) is 0 Å². The van der Waals surface area contributed by atoms with Crippen molar-refractivity contribution in [1.82, 2.24) is 5.32 Å². The lowest BCUT2D eigenvalue weighted by Crippen LogP contribution is -2.27. The van der Waals surface area contributed by atoms with Gasteiger partial charge < -0.3 is 10.8 Å². The minimum atomic E-state index is -0.319. The van der Waals surface area contributed by atoms with Gasteiger partial charge in [0.15, 0.2) is 0 Å². The third-order valence-corrected chi connectivity index (χ3v) is 1.89. The average Bonchev–Trinajstić information content (AvgIpc) is 2.14. The van der Waals surface area contributed by atoms with E-state index in [1.807, 2.05) is 6.92 Å². The SMILES string of the molecule is CC(N)C1CNC(O)C1. The van der Waals surface area contributed by atoms with Gasteiger partial charge in [0.2, 0.25) is 0 Å². The highest BCUT2D eigenvalue weighted by molar-refractivity contribution is 4.79. The molecule has 0 bridgehead atoms. The molecule has 0 aromatic heterocycles. The maximum Gasteiger partial charge on any atom is 0.105 e. The highest BCUT2D eigenvalue weighted by Crippen LogP contribution is 2.13. The van der Waals surface area contributed by atoms with E-state index in [4.69, 9.17) is 10.8 Å². The van der Waals surface area contributed by atoms with Gasteiger partial charge in [-0.3, -0.25) is 5.32 Å². The molecule has 0 aromatic carbocycles.